The number of methoxy groups -OCH3 is 2. The van der Waals surface area contributed by atoms with Gasteiger partial charge in [0.15, 0.2) is 0 Å². The number of carbonyl (C=O) groups is 1. The van der Waals surface area contributed by atoms with E-state index in [-0.39, 0.29) is 11.9 Å². The lowest BCUT2D eigenvalue weighted by molar-refractivity contribution is 0.0943. The van der Waals surface area contributed by atoms with Crippen LogP contribution in [-0.4, -0.2) is 31.2 Å². The summed E-state index contributed by atoms with van der Waals surface area (Å²) in [4.78, 5) is 16.4. The number of pyridine rings is 1. The second kappa shape index (κ2) is 6.93. The van der Waals surface area contributed by atoms with E-state index in [1.165, 1.54) is 0 Å². The molecule has 0 aliphatic rings. The summed E-state index contributed by atoms with van der Waals surface area (Å²) in [6, 6.07) is 9.04. The zero-order chi connectivity index (χ0) is 16.1. The number of carbonyl (C=O) groups excluding carboxylic acids is 1. The van der Waals surface area contributed by atoms with Crippen LogP contribution in [0.2, 0.25) is 0 Å². The van der Waals surface area contributed by atoms with Crippen molar-refractivity contribution in [3.05, 3.63) is 42.1 Å². The molecule has 116 valence electrons. The standard InChI is InChI=1S/C17H20N2O3/c1-11(2)19-17(20)12-5-6-18-16(9-12)13-7-14(21-3)10-15(8-13)22-4/h5-11H,1-4H3,(H,19,20). The second-order valence-corrected chi connectivity index (χ2v) is 5.16. The van der Waals surface area contributed by atoms with Crippen molar-refractivity contribution in [2.45, 2.75) is 19.9 Å². The molecule has 0 radical (unpaired) electrons. The van der Waals surface area contributed by atoms with Crippen molar-refractivity contribution in [1.29, 1.82) is 0 Å². The van der Waals surface area contributed by atoms with Crippen LogP contribution in [0.4, 0.5) is 0 Å². The molecule has 0 fully saturated rings. The Morgan fingerprint density at radius 3 is 2.27 bits per heavy atom. The molecule has 2 rings (SSSR count). The molecule has 0 spiro atoms. The molecule has 0 aliphatic carbocycles. The van der Waals surface area contributed by atoms with Crippen LogP contribution >= 0.6 is 0 Å². The van der Waals surface area contributed by atoms with Crippen LogP contribution in [-0.2, 0) is 0 Å². The predicted octanol–water partition coefficient (Wildman–Crippen LogP) is 2.90. The number of aromatic nitrogens is 1. The molecule has 1 amide bonds. The Morgan fingerprint density at radius 2 is 1.73 bits per heavy atom. The molecule has 5 heteroatoms. The second-order valence-electron chi connectivity index (χ2n) is 5.16. The maximum atomic E-state index is 12.1. The van der Waals surface area contributed by atoms with E-state index in [4.69, 9.17) is 9.47 Å². The van der Waals surface area contributed by atoms with Gasteiger partial charge in [-0.05, 0) is 38.1 Å². The van der Waals surface area contributed by atoms with Crippen LogP contribution in [0.15, 0.2) is 36.5 Å². The van der Waals surface area contributed by atoms with E-state index >= 15 is 0 Å². The summed E-state index contributed by atoms with van der Waals surface area (Å²) in [7, 11) is 3.19. The first-order chi connectivity index (χ1) is 10.5. The van der Waals surface area contributed by atoms with Crippen molar-refractivity contribution < 1.29 is 14.3 Å². The van der Waals surface area contributed by atoms with Crippen molar-refractivity contribution in [3.8, 4) is 22.8 Å². The third-order valence-corrected chi connectivity index (χ3v) is 3.09. The van der Waals surface area contributed by atoms with Gasteiger partial charge in [0.05, 0.1) is 19.9 Å². The molecule has 0 saturated heterocycles. The summed E-state index contributed by atoms with van der Waals surface area (Å²) in [5, 5.41) is 2.87. The molecule has 1 N–H and O–H groups in total. The number of nitrogens with one attached hydrogen (secondary N) is 1. The quantitative estimate of drug-likeness (QED) is 0.922. The third kappa shape index (κ3) is 3.75. The van der Waals surface area contributed by atoms with Gasteiger partial charge in [0.25, 0.3) is 5.91 Å². The molecule has 0 unspecified atom stereocenters. The average Bonchev–Trinajstić information content (AvgIpc) is 2.53. The Morgan fingerprint density at radius 1 is 1.09 bits per heavy atom. The van der Waals surface area contributed by atoms with Gasteiger partial charge in [-0.3, -0.25) is 9.78 Å². The monoisotopic (exact) mass is 300 g/mol. The van der Waals surface area contributed by atoms with E-state index in [2.05, 4.69) is 10.3 Å². The van der Waals surface area contributed by atoms with Gasteiger partial charge in [-0.25, -0.2) is 0 Å². The molecule has 2 aromatic rings. The fourth-order valence-electron chi connectivity index (χ4n) is 2.03. The van der Waals surface area contributed by atoms with E-state index in [9.17, 15) is 4.79 Å². The highest BCUT2D eigenvalue weighted by molar-refractivity contribution is 5.95. The molecule has 1 heterocycles. The Hall–Kier alpha value is -2.56. The number of amides is 1. The number of benzene rings is 1. The van der Waals surface area contributed by atoms with Crippen molar-refractivity contribution in [2.75, 3.05) is 14.2 Å². The summed E-state index contributed by atoms with van der Waals surface area (Å²) in [6.07, 6.45) is 1.62. The molecular formula is C17H20N2O3. The highest BCUT2D eigenvalue weighted by atomic mass is 16.5. The van der Waals surface area contributed by atoms with Gasteiger partial charge in [-0.2, -0.15) is 0 Å². The molecule has 22 heavy (non-hydrogen) atoms. The predicted molar refractivity (Wildman–Crippen MR) is 85.4 cm³/mol. The Labute approximate surface area is 130 Å². The van der Waals surface area contributed by atoms with Gasteiger partial charge in [0, 0.05) is 29.4 Å². The Bertz CT molecular complexity index is 646. The topological polar surface area (TPSA) is 60.5 Å². The lowest BCUT2D eigenvalue weighted by Gasteiger charge is -2.10. The number of nitrogens with zero attached hydrogens (tertiary/aromatic N) is 1. The Kier molecular flexibility index (Phi) is 4.99. The van der Waals surface area contributed by atoms with Gasteiger partial charge in [0.1, 0.15) is 11.5 Å². The fraction of sp³-hybridized carbons (Fsp3) is 0.294. The lowest BCUT2D eigenvalue weighted by atomic mass is 10.1. The minimum absolute atomic E-state index is 0.0843. The normalized spacial score (nSPS) is 10.4. The van der Waals surface area contributed by atoms with Crippen molar-refractivity contribution in [1.82, 2.24) is 10.3 Å². The molecule has 1 aromatic carbocycles. The van der Waals surface area contributed by atoms with Gasteiger partial charge < -0.3 is 14.8 Å². The number of rotatable bonds is 5. The summed E-state index contributed by atoms with van der Waals surface area (Å²) < 4.78 is 10.5. The average molecular weight is 300 g/mol. The molecule has 0 saturated carbocycles. The lowest BCUT2D eigenvalue weighted by Crippen LogP contribution is -2.30. The van der Waals surface area contributed by atoms with Gasteiger partial charge >= 0.3 is 0 Å². The summed E-state index contributed by atoms with van der Waals surface area (Å²) >= 11 is 0. The van der Waals surface area contributed by atoms with Crippen molar-refractivity contribution >= 4 is 5.91 Å². The van der Waals surface area contributed by atoms with Gasteiger partial charge in [0.2, 0.25) is 0 Å². The van der Waals surface area contributed by atoms with E-state index in [1.807, 2.05) is 26.0 Å². The number of hydrogen-bond donors (Lipinski definition) is 1. The molecule has 0 bridgehead atoms. The zero-order valence-electron chi connectivity index (χ0n) is 13.2. The SMILES string of the molecule is COc1cc(OC)cc(-c2cc(C(=O)NC(C)C)ccn2)c1. The van der Waals surface area contributed by atoms with Gasteiger partial charge in [-0.15, -0.1) is 0 Å². The van der Waals surface area contributed by atoms with Crippen LogP contribution in [0.1, 0.15) is 24.2 Å². The van der Waals surface area contributed by atoms with E-state index in [1.54, 1.807) is 38.6 Å². The highest BCUT2D eigenvalue weighted by Crippen LogP contribution is 2.28. The molecule has 0 aliphatic heterocycles. The molecule has 1 aromatic heterocycles. The highest BCUT2D eigenvalue weighted by Gasteiger charge is 2.10. The minimum Gasteiger partial charge on any atom is -0.497 e. The maximum Gasteiger partial charge on any atom is 0.251 e. The van der Waals surface area contributed by atoms with Gasteiger partial charge in [-0.1, -0.05) is 0 Å². The molecule has 5 nitrogen and oxygen atoms in total. The maximum absolute atomic E-state index is 12.1. The summed E-state index contributed by atoms with van der Waals surface area (Å²) in [5.74, 6) is 1.23. The number of ether oxygens (including phenoxy) is 2. The first-order valence-electron chi connectivity index (χ1n) is 7.04. The van der Waals surface area contributed by atoms with Crippen LogP contribution < -0.4 is 14.8 Å². The molecular weight excluding hydrogens is 280 g/mol. The van der Waals surface area contributed by atoms with Crippen LogP contribution in [0, 0.1) is 0 Å². The van der Waals surface area contributed by atoms with E-state index in [0.29, 0.717) is 22.8 Å². The first kappa shape index (κ1) is 15.8. The van der Waals surface area contributed by atoms with Crippen molar-refractivity contribution in [2.24, 2.45) is 0 Å². The first-order valence-corrected chi connectivity index (χ1v) is 7.04. The third-order valence-electron chi connectivity index (χ3n) is 3.09. The summed E-state index contributed by atoms with van der Waals surface area (Å²) in [6.45, 7) is 3.85. The largest absolute Gasteiger partial charge is 0.497 e. The smallest absolute Gasteiger partial charge is 0.251 e. The van der Waals surface area contributed by atoms with E-state index < -0.39 is 0 Å². The van der Waals surface area contributed by atoms with Crippen molar-refractivity contribution in [3.63, 3.8) is 0 Å². The van der Waals surface area contributed by atoms with Crippen LogP contribution in [0.25, 0.3) is 11.3 Å². The van der Waals surface area contributed by atoms with Crippen LogP contribution in [0.3, 0.4) is 0 Å². The fourth-order valence-corrected chi connectivity index (χ4v) is 2.03. The zero-order valence-corrected chi connectivity index (χ0v) is 13.2. The summed E-state index contributed by atoms with van der Waals surface area (Å²) in [5.41, 5.74) is 2.09. The Balaban J connectivity index is 2.39. The minimum atomic E-state index is -0.117. The van der Waals surface area contributed by atoms with Crippen LogP contribution in [0.5, 0.6) is 11.5 Å². The number of hydrogen-bond acceptors (Lipinski definition) is 4. The van der Waals surface area contributed by atoms with E-state index in [0.717, 1.165) is 5.56 Å². The molecule has 0 atom stereocenters.